The summed E-state index contributed by atoms with van der Waals surface area (Å²) in [6.07, 6.45) is 0. The fraction of sp³-hybridized carbons (Fsp3) is 0.125. The van der Waals surface area contributed by atoms with Crippen LogP contribution in [0.15, 0.2) is 47.4 Å². The van der Waals surface area contributed by atoms with E-state index < -0.39 is 21.7 Å². The van der Waals surface area contributed by atoms with Gasteiger partial charge in [-0.15, -0.1) is 0 Å². The lowest BCUT2D eigenvalue weighted by atomic mass is 10.1. The lowest BCUT2D eigenvalue weighted by Gasteiger charge is -2.17. The van der Waals surface area contributed by atoms with Crippen molar-refractivity contribution in [2.24, 2.45) is 5.14 Å². The molecule has 0 saturated carbocycles. The van der Waals surface area contributed by atoms with Gasteiger partial charge in [-0.25, -0.2) is 13.6 Å². The van der Waals surface area contributed by atoms with E-state index in [1.54, 1.807) is 31.4 Å². The molecule has 1 aliphatic rings. The zero-order valence-corrected chi connectivity index (χ0v) is 13.5. The summed E-state index contributed by atoms with van der Waals surface area (Å²) >= 11 is 0. The molecule has 0 bridgehead atoms. The number of carbonyl (C=O) groups is 2. The monoisotopic (exact) mass is 346 g/mol. The zero-order chi connectivity index (χ0) is 17.5. The summed E-state index contributed by atoms with van der Waals surface area (Å²) in [6.45, 7) is 0.191. The largest absolute Gasteiger partial charge is 0.497 e. The first-order valence-electron chi connectivity index (χ1n) is 6.97. The van der Waals surface area contributed by atoms with Crippen LogP contribution in [0.1, 0.15) is 15.9 Å². The summed E-state index contributed by atoms with van der Waals surface area (Å²) in [6, 6.07) is 10.9. The van der Waals surface area contributed by atoms with Crippen molar-refractivity contribution in [2.45, 2.75) is 11.4 Å². The van der Waals surface area contributed by atoms with Crippen molar-refractivity contribution in [3.8, 4) is 5.75 Å². The molecule has 0 aliphatic carbocycles. The van der Waals surface area contributed by atoms with Crippen LogP contribution in [0, 0.1) is 0 Å². The van der Waals surface area contributed by atoms with E-state index in [-0.39, 0.29) is 17.0 Å². The topological polar surface area (TPSA) is 107 Å². The van der Waals surface area contributed by atoms with Gasteiger partial charge >= 0.3 is 0 Å². The first-order chi connectivity index (χ1) is 11.3. The number of amides is 1. The molecule has 2 aromatic carbocycles. The van der Waals surface area contributed by atoms with Crippen molar-refractivity contribution in [3.63, 3.8) is 0 Å². The van der Waals surface area contributed by atoms with E-state index in [2.05, 4.69) is 0 Å². The number of benzene rings is 2. The number of hydrogen-bond donors (Lipinski definition) is 1. The van der Waals surface area contributed by atoms with E-state index in [1.165, 1.54) is 17.0 Å². The highest BCUT2D eigenvalue weighted by Crippen LogP contribution is 2.32. The highest BCUT2D eigenvalue weighted by molar-refractivity contribution is 7.89. The van der Waals surface area contributed by atoms with Gasteiger partial charge in [0.2, 0.25) is 10.0 Å². The van der Waals surface area contributed by atoms with Gasteiger partial charge in [-0.3, -0.25) is 9.59 Å². The molecule has 3 rings (SSSR count). The summed E-state index contributed by atoms with van der Waals surface area (Å²) in [7, 11) is -2.39. The zero-order valence-electron chi connectivity index (χ0n) is 12.7. The van der Waals surface area contributed by atoms with E-state index in [9.17, 15) is 18.0 Å². The Hall–Kier alpha value is -2.71. The number of anilines is 1. The number of carbonyl (C=O) groups excluding carboxylic acids is 2. The first kappa shape index (κ1) is 16.2. The van der Waals surface area contributed by atoms with Crippen molar-refractivity contribution in [3.05, 3.63) is 53.6 Å². The van der Waals surface area contributed by atoms with E-state index in [1.807, 2.05) is 0 Å². The molecule has 124 valence electrons. The molecular weight excluding hydrogens is 332 g/mol. The molecule has 24 heavy (non-hydrogen) atoms. The third-order valence-corrected chi connectivity index (χ3v) is 4.68. The van der Waals surface area contributed by atoms with E-state index in [4.69, 9.17) is 9.88 Å². The fourth-order valence-electron chi connectivity index (χ4n) is 2.53. The van der Waals surface area contributed by atoms with Gasteiger partial charge in [0.05, 0.1) is 29.8 Å². The van der Waals surface area contributed by atoms with Crippen LogP contribution in [-0.4, -0.2) is 27.2 Å². The molecule has 2 N–H and O–H groups in total. The minimum absolute atomic E-state index is 0.0417. The Morgan fingerprint density at radius 1 is 1.08 bits per heavy atom. The molecule has 1 aliphatic heterocycles. The van der Waals surface area contributed by atoms with Crippen LogP contribution in [0.2, 0.25) is 0 Å². The Morgan fingerprint density at radius 3 is 2.33 bits per heavy atom. The Morgan fingerprint density at radius 2 is 1.75 bits per heavy atom. The number of Topliss-reactive ketones (excluding diaryl/α,β-unsaturated/α-hetero) is 1. The normalized spacial score (nSPS) is 14.0. The molecule has 2 aromatic rings. The lowest BCUT2D eigenvalue weighted by Crippen LogP contribution is -2.29. The summed E-state index contributed by atoms with van der Waals surface area (Å²) in [5.41, 5.74) is 1.22. The maximum Gasteiger partial charge on any atom is 0.299 e. The smallest absolute Gasteiger partial charge is 0.299 e. The summed E-state index contributed by atoms with van der Waals surface area (Å²) in [4.78, 5) is 25.5. The first-order valence-corrected chi connectivity index (χ1v) is 8.52. The van der Waals surface area contributed by atoms with Crippen LogP contribution < -0.4 is 14.8 Å². The van der Waals surface area contributed by atoms with Crippen molar-refractivity contribution < 1.29 is 22.7 Å². The third-order valence-electron chi connectivity index (χ3n) is 3.77. The number of fused-ring (bicyclic) bond motifs is 1. The highest BCUT2D eigenvalue weighted by Gasteiger charge is 2.36. The predicted molar refractivity (Wildman–Crippen MR) is 86.3 cm³/mol. The number of sulfonamides is 1. The Labute approximate surface area is 138 Å². The van der Waals surface area contributed by atoms with Crippen molar-refractivity contribution in [2.75, 3.05) is 12.0 Å². The standard InChI is InChI=1S/C16H14N2O5S/c1-23-11-4-2-10(3-5-11)9-18-14-7-6-12(24(17,21)22)8-13(14)15(19)16(18)20/h2-8H,9H2,1H3,(H2,17,21,22). The molecule has 7 nitrogen and oxygen atoms in total. The number of nitrogens with zero attached hydrogens (tertiary/aromatic N) is 1. The fourth-order valence-corrected chi connectivity index (χ4v) is 3.07. The van der Waals surface area contributed by atoms with Crippen LogP contribution in [0.3, 0.4) is 0 Å². The van der Waals surface area contributed by atoms with Crippen LogP contribution in [-0.2, 0) is 21.4 Å². The summed E-state index contributed by atoms with van der Waals surface area (Å²) in [5.74, 6) is -0.767. The van der Waals surface area contributed by atoms with Crippen molar-refractivity contribution >= 4 is 27.4 Å². The minimum atomic E-state index is -3.95. The van der Waals surface area contributed by atoms with Crippen LogP contribution in [0.5, 0.6) is 5.75 Å². The van der Waals surface area contributed by atoms with Gasteiger partial charge < -0.3 is 9.64 Å². The molecule has 0 unspecified atom stereocenters. The van der Waals surface area contributed by atoms with Gasteiger partial charge in [0.1, 0.15) is 5.75 Å². The van der Waals surface area contributed by atoms with Gasteiger partial charge in [0.15, 0.2) is 0 Å². The van der Waals surface area contributed by atoms with Crippen LogP contribution in [0.25, 0.3) is 0 Å². The van der Waals surface area contributed by atoms with E-state index in [0.29, 0.717) is 11.4 Å². The SMILES string of the molecule is COc1ccc(CN2C(=O)C(=O)c3cc(S(N)(=O)=O)ccc32)cc1. The molecule has 0 spiro atoms. The van der Waals surface area contributed by atoms with Crippen molar-refractivity contribution in [1.29, 1.82) is 0 Å². The number of rotatable bonds is 4. The summed E-state index contributed by atoms with van der Waals surface area (Å²) < 4.78 is 27.9. The second-order valence-corrected chi connectivity index (χ2v) is 6.85. The Bertz CT molecular complexity index is 935. The molecular formula is C16H14N2O5S. The molecule has 0 saturated heterocycles. The van der Waals surface area contributed by atoms with E-state index >= 15 is 0 Å². The highest BCUT2D eigenvalue weighted by atomic mass is 32.2. The number of hydrogen-bond acceptors (Lipinski definition) is 5. The minimum Gasteiger partial charge on any atom is -0.497 e. The summed E-state index contributed by atoms with van der Waals surface area (Å²) in [5, 5.41) is 5.07. The predicted octanol–water partition coefficient (Wildman–Crippen LogP) is 1.07. The number of nitrogens with two attached hydrogens (primary N) is 1. The van der Waals surface area contributed by atoms with Gasteiger partial charge in [-0.1, -0.05) is 12.1 Å². The second kappa shape index (κ2) is 5.73. The molecule has 1 amide bonds. The van der Waals surface area contributed by atoms with Gasteiger partial charge in [0, 0.05) is 0 Å². The van der Waals surface area contributed by atoms with Gasteiger partial charge in [-0.05, 0) is 35.9 Å². The Balaban J connectivity index is 1.97. The average Bonchev–Trinajstić information content (AvgIpc) is 2.79. The molecule has 1 heterocycles. The van der Waals surface area contributed by atoms with Gasteiger partial charge in [0.25, 0.3) is 11.7 Å². The number of methoxy groups -OCH3 is 1. The third kappa shape index (κ3) is 2.77. The average molecular weight is 346 g/mol. The number of primary sulfonamides is 1. The molecule has 0 radical (unpaired) electrons. The lowest BCUT2D eigenvalue weighted by molar-refractivity contribution is -0.114. The maximum atomic E-state index is 12.2. The number of ether oxygens (including phenoxy) is 1. The molecule has 0 fully saturated rings. The second-order valence-electron chi connectivity index (χ2n) is 5.29. The van der Waals surface area contributed by atoms with Crippen molar-refractivity contribution in [1.82, 2.24) is 0 Å². The molecule has 0 atom stereocenters. The van der Waals surface area contributed by atoms with Gasteiger partial charge in [-0.2, -0.15) is 0 Å². The van der Waals surface area contributed by atoms with Crippen LogP contribution in [0.4, 0.5) is 5.69 Å². The molecule has 8 heteroatoms. The number of ketones is 1. The van der Waals surface area contributed by atoms with Crippen LogP contribution >= 0.6 is 0 Å². The van der Waals surface area contributed by atoms with E-state index in [0.717, 1.165) is 11.6 Å². The maximum absolute atomic E-state index is 12.2. The quantitative estimate of drug-likeness (QED) is 0.834. The Kier molecular flexibility index (Phi) is 3.86. The molecule has 0 aromatic heterocycles.